The van der Waals surface area contributed by atoms with E-state index in [0.717, 1.165) is 5.56 Å². The molecular weight excluding hydrogens is 233 g/mol. The molecule has 2 aromatic rings. The second-order valence-corrected chi connectivity index (χ2v) is 3.88. The molecule has 1 aromatic carbocycles. The highest BCUT2D eigenvalue weighted by Gasteiger charge is 2.10. The fraction of sp³-hybridized carbons (Fsp3) is 0.0769. The topological polar surface area (TPSA) is 68.0 Å². The van der Waals surface area contributed by atoms with E-state index in [1.165, 1.54) is 24.4 Å². The third kappa shape index (κ3) is 2.45. The van der Waals surface area contributed by atoms with Crippen molar-refractivity contribution in [2.24, 2.45) is 0 Å². The lowest BCUT2D eigenvalue weighted by Crippen LogP contribution is -2.14. The predicted octanol–water partition coefficient (Wildman–Crippen LogP) is 2.36. The molecule has 1 heterocycles. The second-order valence-electron chi connectivity index (χ2n) is 3.88. The fourth-order valence-corrected chi connectivity index (χ4v) is 1.55. The molecule has 0 bridgehead atoms. The van der Waals surface area contributed by atoms with Crippen LogP contribution in [0.25, 0.3) is 0 Å². The normalized spacial score (nSPS) is 10.1. The van der Waals surface area contributed by atoms with Crippen molar-refractivity contribution in [3.05, 3.63) is 53.6 Å². The van der Waals surface area contributed by atoms with Gasteiger partial charge in [-0.1, -0.05) is 0 Å². The smallest absolute Gasteiger partial charge is 0.256 e. The number of hydrogen-bond donors (Lipinski definition) is 2. The summed E-state index contributed by atoms with van der Waals surface area (Å²) in [7, 11) is 0. The maximum atomic E-state index is 13.1. The van der Waals surface area contributed by atoms with E-state index >= 15 is 0 Å². The van der Waals surface area contributed by atoms with Gasteiger partial charge < -0.3 is 11.1 Å². The van der Waals surface area contributed by atoms with Gasteiger partial charge in [0, 0.05) is 18.0 Å². The summed E-state index contributed by atoms with van der Waals surface area (Å²) in [6.45, 7) is 1.77. The van der Waals surface area contributed by atoms with Gasteiger partial charge in [0.1, 0.15) is 5.82 Å². The van der Waals surface area contributed by atoms with Crippen LogP contribution in [-0.2, 0) is 0 Å². The first-order chi connectivity index (χ1) is 8.58. The Bertz CT molecular complexity index is 599. The van der Waals surface area contributed by atoms with E-state index in [4.69, 9.17) is 5.73 Å². The third-order valence-corrected chi connectivity index (χ3v) is 2.53. The number of aryl methyl sites for hydroxylation is 1. The number of nitrogens with zero attached hydrogens (tertiary/aromatic N) is 1. The molecule has 0 aliphatic carbocycles. The zero-order valence-corrected chi connectivity index (χ0v) is 9.77. The summed E-state index contributed by atoms with van der Waals surface area (Å²) in [5.74, 6) is -0.793. The van der Waals surface area contributed by atoms with E-state index in [1.807, 2.05) is 0 Å². The van der Waals surface area contributed by atoms with E-state index in [1.54, 1.807) is 19.2 Å². The number of nitrogens with two attached hydrogens (primary N) is 1. The van der Waals surface area contributed by atoms with E-state index in [0.29, 0.717) is 11.3 Å². The molecule has 0 saturated carbocycles. The molecule has 1 amide bonds. The van der Waals surface area contributed by atoms with Crippen LogP contribution in [-0.4, -0.2) is 10.9 Å². The molecule has 1 aromatic heterocycles. The Morgan fingerprint density at radius 2 is 2.17 bits per heavy atom. The third-order valence-electron chi connectivity index (χ3n) is 2.53. The number of hydrogen-bond acceptors (Lipinski definition) is 3. The average Bonchev–Trinajstić information content (AvgIpc) is 2.34. The molecular formula is C13H12FN3O. The second kappa shape index (κ2) is 4.83. The van der Waals surface area contributed by atoms with Gasteiger partial charge >= 0.3 is 0 Å². The van der Waals surface area contributed by atoms with Crippen molar-refractivity contribution in [2.75, 3.05) is 11.1 Å². The van der Waals surface area contributed by atoms with Crippen molar-refractivity contribution in [3.8, 4) is 0 Å². The van der Waals surface area contributed by atoms with Gasteiger partial charge in [0.05, 0.1) is 11.4 Å². The molecule has 0 spiro atoms. The SMILES string of the molecule is Cc1cnccc1C(=O)Nc1cc(F)ccc1N. The highest BCUT2D eigenvalue weighted by Crippen LogP contribution is 2.20. The number of halogens is 1. The largest absolute Gasteiger partial charge is 0.397 e. The maximum Gasteiger partial charge on any atom is 0.256 e. The first-order valence-electron chi connectivity index (χ1n) is 5.35. The molecule has 5 heteroatoms. The van der Waals surface area contributed by atoms with Gasteiger partial charge in [-0.15, -0.1) is 0 Å². The number of nitrogen functional groups attached to an aromatic ring is 1. The lowest BCUT2D eigenvalue weighted by atomic mass is 10.1. The summed E-state index contributed by atoms with van der Waals surface area (Å²) in [6, 6.07) is 5.43. The molecule has 0 saturated heterocycles. The number of carbonyl (C=O) groups is 1. The summed E-state index contributed by atoms with van der Waals surface area (Å²) in [6.07, 6.45) is 3.11. The average molecular weight is 245 g/mol. The zero-order chi connectivity index (χ0) is 13.1. The molecule has 0 fully saturated rings. The van der Waals surface area contributed by atoms with Crippen LogP contribution in [0.2, 0.25) is 0 Å². The maximum absolute atomic E-state index is 13.1. The number of benzene rings is 1. The first-order valence-corrected chi connectivity index (χ1v) is 5.35. The molecule has 0 aliphatic rings. The Labute approximate surface area is 104 Å². The monoisotopic (exact) mass is 245 g/mol. The van der Waals surface area contributed by atoms with Crippen molar-refractivity contribution in [3.63, 3.8) is 0 Å². The predicted molar refractivity (Wildman–Crippen MR) is 67.7 cm³/mol. The molecule has 92 valence electrons. The number of carbonyl (C=O) groups excluding carboxylic acids is 1. The van der Waals surface area contributed by atoms with Gasteiger partial charge in [0.15, 0.2) is 0 Å². The lowest BCUT2D eigenvalue weighted by molar-refractivity contribution is 0.102. The molecule has 0 atom stereocenters. The molecule has 3 N–H and O–H groups in total. The molecule has 2 rings (SSSR count). The minimum Gasteiger partial charge on any atom is -0.397 e. The summed E-state index contributed by atoms with van der Waals surface area (Å²) >= 11 is 0. The van der Waals surface area contributed by atoms with Gasteiger partial charge in [-0.3, -0.25) is 9.78 Å². The Kier molecular flexibility index (Phi) is 3.23. The standard InChI is InChI=1S/C13H12FN3O/c1-8-7-16-5-4-10(8)13(18)17-12-6-9(14)2-3-11(12)15/h2-7H,15H2,1H3,(H,17,18). The van der Waals surface area contributed by atoms with Crippen molar-refractivity contribution >= 4 is 17.3 Å². The first kappa shape index (κ1) is 12.0. The van der Waals surface area contributed by atoms with Crippen LogP contribution in [0.15, 0.2) is 36.7 Å². The molecule has 0 aliphatic heterocycles. The van der Waals surface area contributed by atoms with E-state index < -0.39 is 5.82 Å². The van der Waals surface area contributed by atoms with Gasteiger partial charge in [0.2, 0.25) is 0 Å². The van der Waals surface area contributed by atoms with Crippen molar-refractivity contribution in [1.82, 2.24) is 4.98 Å². The van der Waals surface area contributed by atoms with Crippen LogP contribution in [0.1, 0.15) is 15.9 Å². The quantitative estimate of drug-likeness (QED) is 0.798. The van der Waals surface area contributed by atoms with Crippen LogP contribution >= 0.6 is 0 Å². The number of nitrogens with one attached hydrogen (secondary N) is 1. The Balaban J connectivity index is 2.27. The summed E-state index contributed by atoms with van der Waals surface area (Å²) in [4.78, 5) is 15.9. The van der Waals surface area contributed by atoms with Gasteiger partial charge in [-0.25, -0.2) is 4.39 Å². The molecule has 0 radical (unpaired) electrons. The number of amides is 1. The number of anilines is 2. The van der Waals surface area contributed by atoms with Crippen molar-refractivity contribution in [2.45, 2.75) is 6.92 Å². The van der Waals surface area contributed by atoms with E-state index in [-0.39, 0.29) is 11.6 Å². The highest BCUT2D eigenvalue weighted by atomic mass is 19.1. The van der Waals surface area contributed by atoms with Crippen LogP contribution in [0.4, 0.5) is 15.8 Å². The van der Waals surface area contributed by atoms with Crippen LogP contribution in [0.3, 0.4) is 0 Å². The fourth-order valence-electron chi connectivity index (χ4n) is 1.55. The minimum absolute atomic E-state index is 0.260. The molecule has 18 heavy (non-hydrogen) atoms. The Morgan fingerprint density at radius 1 is 1.39 bits per heavy atom. The summed E-state index contributed by atoms with van der Waals surface area (Å²) < 4.78 is 13.1. The van der Waals surface area contributed by atoms with Crippen molar-refractivity contribution < 1.29 is 9.18 Å². The number of aromatic nitrogens is 1. The molecule has 0 unspecified atom stereocenters. The van der Waals surface area contributed by atoms with Crippen LogP contribution < -0.4 is 11.1 Å². The van der Waals surface area contributed by atoms with Gasteiger partial charge in [-0.05, 0) is 36.8 Å². The highest BCUT2D eigenvalue weighted by molar-refractivity contribution is 6.06. The van der Waals surface area contributed by atoms with Gasteiger partial charge in [0.25, 0.3) is 5.91 Å². The minimum atomic E-state index is -0.453. The Morgan fingerprint density at radius 3 is 2.89 bits per heavy atom. The summed E-state index contributed by atoms with van der Waals surface area (Å²) in [5, 5.41) is 2.58. The van der Waals surface area contributed by atoms with Crippen LogP contribution in [0, 0.1) is 12.7 Å². The molecule has 4 nitrogen and oxygen atoms in total. The zero-order valence-electron chi connectivity index (χ0n) is 9.77. The van der Waals surface area contributed by atoms with E-state index in [9.17, 15) is 9.18 Å². The van der Waals surface area contributed by atoms with Gasteiger partial charge in [-0.2, -0.15) is 0 Å². The van der Waals surface area contributed by atoms with Crippen molar-refractivity contribution in [1.29, 1.82) is 0 Å². The van der Waals surface area contributed by atoms with Crippen LogP contribution in [0.5, 0.6) is 0 Å². The number of pyridine rings is 1. The van der Waals surface area contributed by atoms with E-state index in [2.05, 4.69) is 10.3 Å². The summed E-state index contributed by atoms with van der Waals surface area (Å²) in [5.41, 5.74) is 7.46. The number of rotatable bonds is 2. The Hall–Kier alpha value is -2.43. The lowest BCUT2D eigenvalue weighted by Gasteiger charge is -2.09.